The van der Waals surface area contributed by atoms with Crippen molar-refractivity contribution in [1.29, 1.82) is 0 Å². The van der Waals surface area contributed by atoms with Gasteiger partial charge in [-0.1, -0.05) is 44.2 Å². The number of anilines is 1. The molecule has 1 heterocycles. The fourth-order valence-electron chi connectivity index (χ4n) is 3.53. The Balaban J connectivity index is 0.00000120. The molecule has 0 saturated heterocycles. The van der Waals surface area contributed by atoms with Crippen LogP contribution in [0.3, 0.4) is 0 Å². The van der Waals surface area contributed by atoms with E-state index in [0.29, 0.717) is 5.41 Å². The molecule has 1 nitrogen and oxygen atoms in total. The molecular weight excluding hydrogens is 390 g/mol. The van der Waals surface area contributed by atoms with E-state index < -0.39 is 0 Å². The number of nitrogens with zero attached hydrogens (tertiary/aromatic N) is 1. The van der Waals surface area contributed by atoms with Crippen molar-refractivity contribution in [3.05, 3.63) is 35.2 Å². The van der Waals surface area contributed by atoms with Gasteiger partial charge in [-0.15, -0.1) is 11.1 Å². The molecule has 0 amide bonds. The van der Waals surface area contributed by atoms with Gasteiger partial charge >= 0.3 is 21.1 Å². The summed E-state index contributed by atoms with van der Waals surface area (Å²) in [5.41, 5.74) is 7.76. The number of hydrogen-bond donors (Lipinski definition) is 0. The minimum atomic E-state index is 0. The van der Waals surface area contributed by atoms with Gasteiger partial charge in [0.25, 0.3) is 0 Å². The third-order valence-electron chi connectivity index (χ3n) is 4.50. The Bertz CT molecular complexity index is 476. The van der Waals surface area contributed by atoms with Gasteiger partial charge in [-0.3, -0.25) is 0 Å². The molecule has 1 aliphatic heterocycles. The molecule has 0 N–H and O–H groups in total. The summed E-state index contributed by atoms with van der Waals surface area (Å²) in [6, 6.07) is 3.66. The number of fused-ring (bicyclic) bond motifs is 3. The maximum Gasteiger partial charge on any atom is 2.00 e. The van der Waals surface area contributed by atoms with E-state index in [4.69, 9.17) is 0 Å². The van der Waals surface area contributed by atoms with Crippen molar-refractivity contribution in [2.24, 2.45) is 0 Å². The fourth-order valence-corrected chi connectivity index (χ4v) is 3.53. The zero-order chi connectivity index (χ0) is 12.2. The van der Waals surface area contributed by atoms with Gasteiger partial charge in [0.1, 0.15) is 0 Å². The molecule has 0 fully saturated rings. The molecule has 1 aliphatic carbocycles. The molecule has 0 aromatic heterocycles. The summed E-state index contributed by atoms with van der Waals surface area (Å²) in [6.45, 7) is 9.98. The summed E-state index contributed by atoms with van der Waals surface area (Å²) >= 11 is 0. The molecule has 96 valence electrons. The van der Waals surface area contributed by atoms with Gasteiger partial charge in [0.2, 0.25) is 0 Å². The van der Waals surface area contributed by atoms with Gasteiger partial charge in [-0.25, -0.2) is 0 Å². The summed E-state index contributed by atoms with van der Waals surface area (Å²) in [5.74, 6) is 0. The number of likely N-dealkylation sites (N-methyl/N-ethyl adjacent to an activating group) is 1. The molecule has 0 saturated carbocycles. The number of hydrogen-bond acceptors (Lipinski definition) is 1. The minimum absolute atomic E-state index is 0. The Kier molecular flexibility index (Phi) is 3.67. The molecule has 18 heavy (non-hydrogen) atoms. The standard InChI is InChI=1S/C16H21N.W/c1-5-11-10-12-6-8-16(2,3)14(12)15-13(11)7-9-17(15)4;/h1,5-9H2,2-4H3;/q-2;+2. The molecule has 0 unspecified atom stereocenters. The van der Waals surface area contributed by atoms with Gasteiger partial charge < -0.3 is 11.8 Å². The topological polar surface area (TPSA) is 3.24 Å². The smallest absolute Gasteiger partial charge is 0.396 e. The van der Waals surface area contributed by atoms with Crippen LogP contribution >= 0.6 is 0 Å². The van der Waals surface area contributed by atoms with Gasteiger partial charge in [0.05, 0.1) is 0 Å². The summed E-state index contributed by atoms with van der Waals surface area (Å²) < 4.78 is 0. The molecule has 2 heteroatoms. The largest absolute Gasteiger partial charge is 2.00 e. The Labute approximate surface area is 125 Å². The summed E-state index contributed by atoms with van der Waals surface area (Å²) in [7, 11) is 2.23. The third kappa shape index (κ3) is 1.86. The summed E-state index contributed by atoms with van der Waals surface area (Å²) in [6.07, 6.45) is 4.51. The van der Waals surface area contributed by atoms with Crippen molar-refractivity contribution in [3.63, 3.8) is 0 Å². The molecule has 2 aliphatic rings. The minimum Gasteiger partial charge on any atom is -0.396 e. The van der Waals surface area contributed by atoms with Crippen molar-refractivity contribution in [2.45, 2.75) is 44.9 Å². The van der Waals surface area contributed by atoms with Crippen molar-refractivity contribution in [2.75, 3.05) is 18.5 Å². The molecule has 0 spiro atoms. The van der Waals surface area contributed by atoms with Crippen molar-refractivity contribution >= 4 is 5.69 Å². The van der Waals surface area contributed by atoms with Crippen molar-refractivity contribution in [1.82, 2.24) is 0 Å². The van der Waals surface area contributed by atoms with E-state index in [0.717, 1.165) is 13.0 Å². The van der Waals surface area contributed by atoms with Gasteiger partial charge in [0.15, 0.2) is 0 Å². The van der Waals surface area contributed by atoms with Crippen LogP contribution < -0.4 is 4.90 Å². The van der Waals surface area contributed by atoms with Crippen LogP contribution in [0.25, 0.3) is 0 Å². The van der Waals surface area contributed by atoms with E-state index >= 15 is 0 Å². The van der Waals surface area contributed by atoms with Crippen LogP contribution in [0.5, 0.6) is 0 Å². The predicted octanol–water partition coefficient (Wildman–Crippen LogP) is 3.08. The SMILES string of the molecule is [CH2-]Cc1[c-]c2c(c3c1CCN3C)C(C)(C)CC2.[W+2]. The number of benzene rings is 1. The predicted molar refractivity (Wildman–Crippen MR) is 72.7 cm³/mol. The average Bonchev–Trinajstić information content (AvgIpc) is 2.80. The Morgan fingerprint density at radius 2 is 2.06 bits per heavy atom. The number of rotatable bonds is 1. The maximum atomic E-state index is 4.07. The van der Waals surface area contributed by atoms with Gasteiger partial charge in [-0.2, -0.15) is 23.6 Å². The molecule has 1 aromatic rings. The second kappa shape index (κ2) is 4.67. The zero-order valence-electron chi connectivity index (χ0n) is 11.6. The van der Waals surface area contributed by atoms with E-state index in [1.807, 2.05) is 0 Å². The Morgan fingerprint density at radius 1 is 1.33 bits per heavy atom. The quantitative estimate of drug-likeness (QED) is 0.643. The van der Waals surface area contributed by atoms with Crippen LogP contribution in [0.2, 0.25) is 0 Å². The fraction of sp³-hybridized carbons (Fsp3) is 0.562. The zero-order valence-corrected chi connectivity index (χ0v) is 14.5. The first-order valence-electron chi connectivity index (χ1n) is 6.65. The second-order valence-corrected chi connectivity index (χ2v) is 6.09. The van der Waals surface area contributed by atoms with Crippen LogP contribution in [0, 0.1) is 13.0 Å². The van der Waals surface area contributed by atoms with Crippen molar-refractivity contribution < 1.29 is 21.1 Å². The monoisotopic (exact) mass is 411 g/mol. The first-order chi connectivity index (χ1) is 8.04. The molecule has 0 atom stereocenters. The first-order valence-corrected chi connectivity index (χ1v) is 6.65. The average molecular weight is 411 g/mol. The van der Waals surface area contributed by atoms with Crippen LogP contribution in [0.4, 0.5) is 5.69 Å². The molecule has 0 bridgehead atoms. The van der Waals surface area contributed by atoms with Crippen LogP contribution in [-0.4, -0.2) is 13.6 Å². The van der Waals surface area contributed by atoms with Gasteiger partial charge in [-0.05, 0) is 0 Å². The van der Waals surface area contributed by atoms with Crippen LogP contribution in [0.1, 0.15) is 42.5 Å². The van der Waals surface area contributed by atoms with E-state index in [-0.39, 0.29) is 21.1 Å². The summed E-state index contributed by atoms with van der Waals surface area (Å²) in [4.78, 5) is 2.44. The number of aryl methyl sites for hydroxylation is 1. The maximum absolute atomic E-state index is 4.07. The van der Waals surface area contributed by atoms with Crippen LogP contribution in [-0.2, 0) is 45.7 Å². The summed E-state index contributed by atoms with van der Waals surface area (Å²) in [5, 5.41) is 0. The molecule has 3 rings (SSSR count). The Hall–Kier alpha value is -0.292. The third-order valence-corrected chi connectivity index (χ3v) is 4.50. The van der Waals surface area contributed by atoms with E-state index in [2.05, 4.69) is 38.8 Å². The Morgan fingerprint density at radius 3 is 2.72 bits per heavy atom. The normalized spacial score (nSPS) is 19.4. The molecule has 0 radical (unpaired) electrons. The molecular formula is C16H21NW. The van der Waals surface area contributed by atoms with Crippen LogP contribution in [0.15, 0.2) is 0 Å². The first kappa shape index (κ1) is 14.1. The van der Waals surface area contributed by atoms with Gasteiger partial charge in [0, 0.05) is 13.6 Å². The van der Waals surface area contributed by atoms with E-state index in [1.54, 1.807) is 5.56 Å². The molecule has 1 aromatic carbocycles. The van der Waals surface area contributed by atoms with Crippen molar-refractivity contribution in [3.8, 4) is 0 Å². The van der Waals surface area contributed by atoms with E-state index in [1.165, 1.54) is 41.6 Å². The van der Waals surface area contributed by atoms with E-state index in [9.17, 15) is 0 Å². The second-order valence-electron chi connectivity index (χ2n) is 6.09.